The first-order chi connectivity index (χ1) is 5.90. The SMILES string of the molecule is ClCc1nnc(-c2cn[nH]c2)o1. The summed E-state index contributed by atoms with van der Waals surface area (Å²) in [6.07, 6.45) is 3.27. The van der Waals surface area contributed by atoms with Gasteiger partial charge < -0.3 is 4.42 Å². The lowest BCUT2D eigenvalue weighted by atomic mass is 10.4. The normalized spacial score (nSPS) is 10.4. The fourth-order valence-corrected chi connectivity index (χ4v) is 0.900. The van der Waals surface area contributed by atoms with E-state index >= 15 is 0 Å². The Hall–Kier alpha value is -1.36. The molecule has 0 amide bonds. The van der Waals surface area contributed by atoms with Gasteiger partial charge in [-0.3, -0.25) is 5.10 Å². The van der Waals surface area contributed by atoms with Crippen molar-refractivity contribution in [2.45, 2.75) is 5.88 Å². The molecular weight excluding hydrogens is 180 g/mol. The van der Waals surface area contributed by atoms with Crippen LogP contribution in [0.3, 0.4) is 0 Å². The average molecular weight is 185 g/mol. The van der Waals surface area contributed by atoms with E-state index in [1.165, 1.54) is 0 Å². The molecule has 0 aromatic carbocycles. The molecule has 2 aromatic heterocycles. The van der Waals surface area contributed by atoms with Gasteiger partial charge >= 0.3 is 0 Å². The van der Waals surface area contributed by atoms with Crippen LogP contribution < -0.4 is 0 Å². The predicted molar refractivity (Wildman–Crippen MR) is 41.4 cm³/mol. The summed E-state index contributed by atoms with van der Waals surface area (Å²) in [7, 11) is 0. The number of halogens is 1. The van der Waals surface area contributed by atoms with E-state index in [0.717, 1.165) is 5.56 Å². The van der Waals surface area contributed by atoms with Gasteiger partial charge in [-0.2, -0.15) is 5.10 Å². The van der Waals surface area contributed by atoms with E-state index in [1.807, 2.05) is 0 Å². The molecule has 1 N–H and O–H groups in total. The fourth-order valence-electron chi connectivity index (χ4n) is 0.792. The molecular formula is C6H5ClN4O. The Labute approximate surface area is 72.8 Å². The van der Waals surface area contributed by atoms with E-state index in [9.17, 15) is 0 Å². The number of hydrogen-bond acceptors (Lipinski definition) is 4. The van der Waals surface area contributed by atoms with Crippen molar-refractivity contribution < 1.29 is 4.42 Å². The highest BCUT2D eigenvalue weighted by atomic mass is 35.5. The summed E-state index contributed by atoms with van der Waals surface area (Å²) in [5, 5.41) is 13.9. The van der Waals surface area contributed by atoms with Gasteiger partial charge in [0.05, 0.1) is 11.8 Å². The molecule has 2 aromatic rings. The molecule has 0 radical (unpaired) electrons. The van der Waals surface area contributed by atoms with Crippen molar-refractivity contribution in [1.29, 1.82) is 0 Å². The zero-order chi connectivity index (χ0) is 8.39. The van der Waals surface area contributed by atoms with Crippen LogP contribution in [0.5, 0.6) is 0 Å². The Kier molecular flexibility index (Phi) is 1.79. The molecule has 5 nitrogen and oxygen atoms in total. The maximum absolute atomic E-state index is 5.48. The summed E-state index contributed by atoms with van der Waals surface area (Å²) < 4.78 is 5.16. The minimum atomic E-state index is 0.227. The van der Waals surface area contributed by atoms with Gasteiger partial charge in [0.15, 0.2) is 0 Å². The summed E-state index contributed by atoms with van der Waals surface area (Å²) in [5.41, 5.74) is 0.763. The standard InChI is InChI=1S/C6H5ClN4O/c7-1-5-10-11-6(12-5)4-2-8-9-3-4/h2-3H,1H2,(H,8,9). The van der Waals surface area contributed by atoms with E-state index in [1.54, 1.807) is 12.4 Å². The van der Waals surface area contributed by atoms with E-state index in [2.05, 4.69) is 20.4 Å². The van der Waals surface area contributed by atoms with Crippen LogP contribution in [0.2, 0.25) is 0 Å². The van der Waals surface area contributed by atoms with Gasteiger partial charge in [-0.15, -0.1) is 21.8 Å². The molecule has 0 aliphatic carbocycles. The predicted octanol–water partition coefficient (Wildman–Crippen LogP) is 1.20. The zero-order valence-electron chi connectivity index (χ0n) is 5.99. The van der Waals surface area contributed by atoms with Gasteiger partial charge in [0.2, 0.25) is 5.89 Å². The third kappa shape index (κ3) is 1.18. The molecule has 0 aliphatic rings. The highest BCUT2D eigenvalue weighted by Gasteiger charge is 2.07. The average Bonchev–Trinajstić information content (AvgIpc) is 2.75. The van der Waals surface area contributed by atoms with Crippen LogP contribution in [0.15, 0.2) is 16.8 Å². The molecule has 12 heavy (non-hydrogen) atoms. The summed E-state index contributed by atoms with van der Waals surface area (Å²) in [5.74, 6) is 1.07. The lowest BCUT2D eigenvalue weighted by Crippen LogP contribution is -1.74. The van der Waals surface area contributed by atoms with Crippen molar-refractivity contribution in [3.63, 3.8) is 0 Å². The Morgan fingerprint density at radius 1 is 1.50 bits per heavy atom. The van der Waals surface area contributed by atoms with Crippen molar-refractivity contribution in [2.24, 2.45) is 0 Å². The largest absolute Gasteiger partial charge is 0.419 e. The number of aromatic nitrogens is 4. The van der Waals surface area contributed by atoms with Gasteiger partial charge in [0.25, 0.3) is 5.89 Å². The summed E-state index contributed by atoms with van der Waals surface area (Å²) in [6.45, 7) is 0. The summed E-state index contributed by atoms with van der Waals surface area (Å²) >= 11 is 5.48. The van der Waals surface area contributed by atoms with Crippen LogP contribution in [0.1, 0.15) is 5.89 Å². The maximum Gasteiger partial charge on any atom is 0.250 e. The number of aromatic amines is 1. The Morgan fingerprint density at radius 3 is 3.00 bits per heavy atom. The maximum atomic E-state index is 5.48. The molecule has 0 unspecified atom stereocenters. The zero-order valence-corrected chi connectivity index (χ0v) is 6.75. The lowest BCUT2D eigenvalue weighted by molar-refractivity contribution is 0.527. The van der Waals surface area contributed by atoms with Crippen LogP contribution >= 0.6 is 11.6 Å². The number of nitrogens with zero attached hydrogens (tertiary/aromatic N) is 3. The molecule has 0 aliphatic heterocycles. The third-order valence-corrected chi connectivity index (χ3v) is 1.55. The lowest BCUT2D eigenvalue weighted by Gasteiger charge is -1.83. The molecule has 2 rings (SSSR count). The first kappa shape index (κ1) is 7.30. The molecule has 0 saturated carbocycles. The van der Waals surface area contributed by atoms with E-state index in [0.29, 0.717) is 11.8 Å². The number of alkyl halides is 1. The minimum absolute atomic E-state index is 0.227. The number of rotatable bonds is 2. The molecule has 62 valence electrons. The van der Waals surface area contributed by atoms with E-state index < -0.39 is 0 Å². The second-order valence-corrected chi connectivity index (χ2v) is 2.39. The summed E-state index contributed by atoms with van der Waals surface area (Å²) in [4.78, 5) is 0. The topological polar surface area (TPSA) is 67.6 Å². The van der Waals surface area contributed by atoms with Gasteiger partial charge in [-0.1, -0.05) is 0 Å². The second kappa shape index (κ2) is 2.94. The van der Waals surface area contributed by atoms with Crippen molar-refractivity contribution in [1.82, 2.24) is 20.4 Å². The van der Waals surface area contributed by atoms with Gasteiger partial charge in [0.1, 0.15) is 5.88 Å². The Morgan fingerprint density at radius 2 is 2.42 bits per heavy atom. The quantitative estimate of drug-likeness (QED) is 0.713. The van der Waals surface area contributed by atoms with Crippen molar-refractivity contribution in [3.8, 4) is 11.5 Å². The van der Waals surface area contributed by atoms with Crippen LogP contribution in [-0.4, -0.2) is 20.4 Å². The van der Waals surface area contributed by atoms with Crippen molar-refractivity contribution in [2.75, 3.05) is 0 Å². The van der Waals surface area contributed by atoms with Crippen LogP contribution in [0, 0.1) is 0 Å². The highest BCUT2D eigenvalue weighted by molar-refractivity contribution is 6.16. The smallest absolute Gasteiger partial charge is 0.250 e. The number of H-pyrrole nitrogens is 1. The Bertz CT molecular complexity index is 355. The van der Waals surface area contributed by atoms with Crippen LogP contribution in [-0.2, 0) is 5.88 Å². The third-order valence-electron chi connectivity index (χ3n) is 1.33. The molecule has 6 heteroatoms. The molecule has 0 bridgehead atoms. The Balaban J connectivity index is 2.35. The molecule has 0 saturated heterocycles. The fraction of sp³-hybridized carbons (Fsp3) is 0.167. The van der Waals surface area contributed by atoms with E-state index in [4.69, 9.17) is 16.0 Å². The van der Waals surface area contributed by atoms with Crippen molar-refractivity contribution in [3.05, 3.63) is 18.3 Å². The minimum Gasteiger partial charge on any atom is -0.419 e. The van der Waals surface area contributed by atoms with Crippen LogP contribution in [0.4, 0.5) is 0 Å². The van der Waals surface area contributed by atoms with Gasteiger partial charge in [0, 0.05) is 6.20 Å². The number of nitrogens with one attached hydrogen (secondary N) is 1. The first-order valence-corrected chi connectivity index (χ1v) is 3.81. The highest BCUT2D eigenvalue weighted by Crippen LogP contribution is 2.15. The monoisotopic (exact) mass is 184 g/mol. The van der Waals surface area contributed by atoms with Crippen molar-refractivity contribution >= 4 is 11.6 Å². The van der Waals surface area contributed by atoms with Gasteiger partial charge in [-0.05, 0) is 0 Å². The first-order valence-electron chi connectivity index (χ1n) is 3.27. The molecule has 0 spiro atoms. The molecule has 0 atom stereocenters. The second-order valence-electron chi connectivity index (χ2n) is 2.12. The molecule has 2 heterocycles. The van der Waals surface area contributed by atoms with E-state index in [-0.39, 0.29) is 5.88 Å². The van der Waals surface area contributed by atoms with Crippen LogP contribution in [0.25, 0.3) is 11.5 Å². The molecule has 0 fully saturated rings. The summed E-state index contributed by atoms with van der Waals surface area (Å²) in [6, 6.07) is 0. The van der Waals surface area contributed by atoms with Gasteiger partial charge in [-0.25, -0.2) is 0 Å². The number of hydrogen-bond donors (Lipinski definition) is 1.